The van der Waals surface area contributed by atoms with Gasteiger partial charge in [0.25, 0.3) is 0 Å². The lowest BCUT2D eigenvalue weighted by Gasteiger charge is -2.47. The number of carboxylic acid groups (broad SMARTS) is 1. The second-order valence-corrected chi connectivity index (χ2v) is 8.57. The SMILES string of the molecule is CC(C)(C)[C@]1(CSCCCc2ccccc2)CCCN1C(=O)O. The van der Waals surface area contributed by atoms with E-state index in [0.29, 0.717) is 6.54 Å². The summed E-state index contributed by atoms with van der Waals surface area (Å²) in [5.41, 5.74) is 1.12. The van der Waals surface area contributed by atoms with E-state index in [2.05, 4.69) is 45.0 Å². The van der Waals surface area contributed by atoms with Crippen molar-refractivity contribution >= 4 is 17.9 Å². The van der Waals surface area contributed by atoms with Crippen LogP contribution in [0.4, 0.5) is 4.79 Å². The number of benzene rings is 1. The molecule has 0 saturated carbocycles. The second kappa shape index (κ2) is 7.61. The van der Waals surface area contributed by atoms with E-state index in [9.17, 15) is 9.90 Å². The summed E-state index contributed by atoms with van der Waals surface area (Å²) in [6.45, 7) is 7.22. The van der Waals surface area contributed by atoms with Gasteiger partial charge in [0.1, 0.15) is 0 Å². The molecule has 128 valence electrons. The Hall–Kier alpha value is -1.16. The van der Waals surface area contributed by atoms with Gasteiger partial charge in [0, 0.05) is 12.3 Å². The molecule has 1 heterocycles. The Labute approximate surface area is 144 Å². The number of hydrogen-bond acceptors (Lipinski definition) is 2. The molecule has 0 bridgehead atoms. The summed E-state index contributed by atoms with van der Waals surface area (Å²) in [6.07, 6.45) is 3.44. The van der Waals surface area contributed by atoms with Gasteiger partial charge >= 0.3 is 6.09 Å². The number of likely N-dealkylation sites (tertiary alicyclic amines) is 1. The molecule has 1 aromatic rings. The van der Waals surface area contributed by atoms with E-state index in [1.165, 1.54) is 5.56 Å². The van der Waals surface area contributed by atoms with Gasteiger partial charge in [-0.3, -0.25) is 0 Å². The molecule has 1 aliphatic rings. The van der Waals surface area contributed by atoms with Gasteiger partial charge in [0.15, 0.2) is 0 Å². The molecular weight excluding hydrogens is 306 g/mol. The fourth-order valence-corrected chi connectivity index (χ4v) is 5.13. The second-order valence-electron chi connectivity index (χ2n) is 7.46. The summed E-state index contributed by atoms with van der Waals surface area (Å²) in [4.78, 5) is 13.4. The molecule has 3 nitrogen and oxygen atoms in total. The number of hydrogen-bond donors (Lipinski definition) is 1. The zero-order valence-corrected chi connectivity index (χ0v) is 15.4. The molecule has 1 N–H and O–H groups in total. The summed E-state index contributed by atoms with van der Waals surface area (Å²) in [6, 6.07) is 10.6. The first-order valence-electron chi connectivity index (χ1n) is 8.49. The highest BCUT2D eigenvalue weighted by molar-refractivity contribution is 7.99. The number of rotatable bonds is 6. The lowest BCUT2D eigenvalue weighted by atomic mass is 9.73. The van der Waals surface area contributed by atoms with Crippen molar-refractivity contribution in [3.8, 4) is 0 Å². The Bertz CT molecular complexity index is 512. The van der Waals surface area contributed by atoms with Gasteiger partial charge in [0.2, 0.25) is 0 Å². The predicted octanol–water partition coefficient (Wildman–Crippen LogP) is 4.91. The predicted molar refractivity (Wildman–Crippen MR) is 98.2 cm³/mol. The Morgan fingerprint density at radius 1 is 1.30 bits per heavy atom. The molecule has 1 atom stereocenters. The zero-order valence-electron chi connectivity index (χ0n) is 14.5. The highest BCUT2D eigenvalue weighted by Crippen LogP contribution is 2.45. The molecule has 1 saturated heterocycles. The molecule has 1 fully saturated rings. The van der Waals surface area contributed by atoms with Gasteiger partial charge in [-0.1, -0.05) is 51.1 Å². The fourth-order valence-electron chi connectivity index (χ4n) is 3.57. The third kappa shape index (κ3) is 4.23. The molecule has 0 unspecified atom stereocenters. The van der Waals surface area contributed by atoms with Crippen molar-refractivity contribution in [2.24, 2.45) is 5.41 Å². The minimum atomic E-state index is -0.762. The molecule has 0 radical (unpaired) electrons. The molecule has 0 aromatic heterocycles. The Morgan fingerprint density at radius 3 is 2.61 bits per heavy atom. The van der Waals surface area contributed by atoms with Crippen LogP contribution < -0.4 is 0 Å². The van der Waals surface area contributed by atoms with Crippen LogP contribution in [0.5, 0.6) is 0 Å². The highest BCUT2D eigenvalue weighted by Gasteiger charge is 2.51. The fraction of sp³-hybridized carbons (Fsp3) is 0.632. The van der Waals surface area contributed by atoms with Crippen LogP contribution >= 0.6 is 11.8 Å². The Kier molecular flexibility index (Phi) is 6.01. The lowest BCUT2D eigenvalue weighted by Crippen LogP contribution is -2.57. The minimum absolute atomic E-state index is 0.0334. The average Bonchev–Trinajstić information content (AvgIpc) is 2.93. The van der Waals surface area contributed by atoms with Crippen LogP contribution in [-0.2, 0) is 6.42 Å². The van der Waals surface area contributed by atoms with Crippen LogP contribution in [0.3, 0.4) is 0 Å². The largest absolute Gasteiger partial charge is 0.465 e. The normalized spacial score (nSPS) is 21.6. The maximum absolute atomic E-state index is 11.7. The number of amides is 1. The average molecular weight is 336 g/mol. The molecule has 1 aliphatic heterocycles. The van der Waals surface area contributed by atoms with Crippen molar-refractivity contribution in [2.75, 3.05) is 18.1 Å². The van der Waals surface area contributed by atoms with E-state index >= 15 is 0 Å². The van der Waals surface area contributed by atoms with Crippen molar-refractivity contribution in [1.29, 1.82) is 0 Å². The first-order valence-corrected chi connectivity index (χ1v) is 9.64. The van der Waals surface area contributed by atoms with E-state index in [1.54, 1.807) is 4.90 Å². The third-order valence-corrected chi connectivity index (χ3v) is 6.31. The van der Waals surface area contributed by atoms with Crippen molar-refractivity contribution < 1.29 is 9.90 Å². The zero-order chi connectivity index (χ0) is 16.9. The molecule has 23 heavy (non-hydrogen) atoms. The van der Waals surface area contributed by atoms with Crippen molar-refractivity contribution in [1.82, 2.24) is 4.90 Å². The molecular formula is C19H29NO2S. The van der Waals surface area contributed by atoms with Crippen molar-refractivity contribution in [3.05, 3.63) is 35.9 Å². The van der Waals surface area contributed by atoms with E-state index < -0.39 is 6.09 Å². The van der Waals surface area contributed by atoms with Crippen LogP contribution in [0.15, 0.2) is 30.3 Å². The smallest absolute Gasteiger partial charge is 0.407 e. The van der Waals surface area contributed by atoms with Crippen molar-refractivity contribution in [3.63, 3.8) is 0 Å². The van der Waals surface area contributed by atoms with E-state index in [4.69, 9.17) is 0 Å². The molecule has 0 aliphatic carbocycles. The lowest BCUT2D eigenvalue weighted by molar-refractivity contribution is 0.0478. The van der Waals surface area contributed by atoms with Crippen LogP contribution in [-0.4, -0.2) is 39.7 Å². The summed E-state index contributed by atoms with van der Waals surface area (Å²) in [5, 5.41) is 9.58. The molecule has 4 heteroatoms. The van der Waals surface area contributed by atoms with Gasteiger partial charge in [-0.2, -0.15) is 11.8 Å². The van der Waals surface area contributed by atoms with Gasteiger partial charge in [0.05, 0.1) is 5.54 Å². The number of aryl methyl sites for hydroxylation is 1. The third-order valence-electron chi connectivity index (χ3n) is 5.05. The molecule has 0 spiro atoms. The molecule has 2 rings (SSSR count). The number of nitrogens with zero attached hydrogens (tertiary/aromatic N) is 1. The maximum Gasteiger partial charge on any atom is 0.407 e. The van der Waals surface area contributed by atoms with Crippen LogP contribution in [0, 0.1) is 5.41 Å². The number of carbonyl (C=O) groups is 1. The van der Waals surface area contributed by atoms with Crippen LogP contribution in [0.1, 0.15) is 45.6 Å². The maximum atomic E-state index is 11.7. The first kappa shape index (κ1) is 18.2. The molecule has 1 amide bonds. The Balaban J connectivity index is 1.89. The first-order chi connectivity index (χ1) is 10.9. The highest BCUT2D eigenvalue weighted by atomic mass is 32.2. The summed E-state index contributed by atoms with van der Waals surface area (Å²) >= 11 is 1.91. The summed E-state index contributed by atoms with van der Waals surface area (Å²) < 4.78 is 0. The summed E-state index contributed by atoms with van der Waals surface area (Å²) in [5.74, 6) is 1.98. The molecule has 1 aromatic carbocycles. The number of thioether (sulfide) groups is 1. The summed E-state index contributed by atoms with van der Waals surface area (Å²) in [7, 11) is 0. The van der Waals surface area contributed by atoms with Gasteiger partial charge in [-0.25, -0.2) is 4.79 Å². The van der Waals surface area contributed by atoms with E-state index in [1.807, 2.05) is 17.8 Å². The Morgan fingerprint density at radius 2 is 2.00 bits per heavy atom. The van der Waals surface area contributed by atoms with Crippen LogP contribution in [0.2, 0.25) is 0 Å². The van der Waals surface area contributed by atoms with Gasteiger partial charge in [-0.15, -0.1) is 0 Å². The quantitative estimate of drug-likeness (QED) is 0.751. The van der Waals surface area contributed by atoms with Gasteiger partial charge < -0.3 is 10.0 Å². The standard InChI is InChI=1S/C19H29NO2S/c1-18(2,3)19(12-8-13-20(19)17(21)22)15-23-14-7-11-16-9-5-4-6-10-16/h4-6,9-10H,7-8,11-15H2,1-3H3,(H,21,22)/t19-/m1/s1. The van der Waals surface area contributed by atoms with E-state index in [0.717, 1.165) is 37.2 Å². The van der Waals surface area contributed by atoms with E-state index in [-0.39, 0.29) is 11.0 Å². The topological polar surface area (TPSA) is 40.5 Å². The minimum Gasteiger partial charge on any atom is -0.465 e. The van der Waals surface area contributed by atoms with Crippen molar-refractivity contribution in [2.45, 2.75) is 52.0 Å². The van der Waals surface area contributed by atoms with Gasteiger partial charge in [-0.05, 0) is 42.4 Å². The van der Waals surface area contributed by atoms with Crippen LogP contribution in [0.25, 0.3) is 0 Å². The monoisotopic (exact) mass is 335 g/mol.